The number of thiazole rings is 2. The second kappa shape index (κ2) is 7.83. The van der Waals surface area contributed by atoms with Crippen LogP contribution in [0.2, 0.25) is 0 Å². The van der Waals surface area contributed by atoms with Gasteiger partial charge in [0, 0.05) is 12.5 Å². The Balaban J connectivity index is 1.73. The van der Waals surface area contributed by atoms with Crippen LogP contribution in [0.1, 0.15) is 40.8 Å². The molecule has 0 unspecified atom stereocenters. The van der Waals surface area contributed by atoms with Crippen molar-refractivity contribution in [2.75, 3.05) is 12.4 Å². The molecule has 0 spiro atoms. The number of carbonyl (C=O) groups excluding carboxylic acids is 1. The molecule has 0 aliphatic carbocycles. The molecule has 5 nitrogen and oxygen atoms in total. The molecule has 1 aromatic carbocycles. The van der Waals surface area contributed by atoms with Crippen molar-refractivity contribution >= 4 is 43.9 Å². The number of unbranched alkanes of at least 4 members (excludes halogenated alkanes) is 1. The third kappa shape index (κ3) is 3.98. The molecule has 0 saturated heterocycles. The Morgan fingerprint density at radius 2 is 2.21 bits per heavy atom. The van der Waals surface area contributed by atoms with Crippen LogP contribution in [-0.4, -0.2) is 23.0 Å². The summed E-state index contributed by atoms with van der Waals surface area (Å²) < 4.78 is 6.12. The quantitative estimate of drug-likeness (QED) is 0.673. The first-order valence-corrected chi connectivity index (χ1v) is 9.53. The Bertz CT molecular complexity index is 841. The molecular weight excluding hydrogens is 342 g/mol. The van der Waals surface area contributed by atoms with Crippen molar-refractivity contribution in [1.29, 1.82) is 0 Å². The molecule has 0 fully saturated rings. The van der Waals surface area contributed by atoms with Gasteiger partial charge in [-0.3, -0.25) is 10.1 Å². The van der Waals surface area contributed by atoms with Gasteiger partial charge in [-0.2, -0.15) is 0 Å². The average molecular weight is 361 g/mol. The number of hydrogen-bond acceptors (Lipinski definition) is 6. The van der Waals surface area contributed by atoms with E-state index in [0.717, 1.165) is 21.6 Å². The third-order valence-electron chi connectivity index (χ3n) is 3.54. The Labute approximate surface area is 148 Å². The number of ether oxygens (including phenoxy) is 1. The average Bonchev–Trinajstić information content (AvgIpc) is 3.19. The third-order valence-corrected chi connectivity index (χ3v) is 5.30. The minimum absolute atomic E-state index is 0.237. The van der Waals surface area contributed by atoms with Crippen LogP contribution in [0.4, 0.5) is 5.13 Å². The van der Waals surface area contributed by atoms with Gasteiger partial charge in [-0.25, -0.2) is 9.97 Å². The summed E-state index contributed by atoms with van der Waals surface area (Å²) in [7, 11) is 1.61. The highest BCUT2D eigenvalue weighted by Crippen LogP contribution is 2.27. The second-order valence-corrected chi connectivity index (χ2v) is 7.41. The number of rotatable bonds is 7. The monoisotopic (exact) mass is 361 g/mol. The molecule has 0 radical (unpaired) electrons. The number of fused-ring (bicyclic) bond motifs is 1. The van der Waals surface area contributed by atoms with Gasteiger partial charge in [-0.15, -0.1) is 11.3 Å². The normalized spacial score (nSPS) is 11.1. The molecule has 0 bridgehead atoms. The molecule has 24 heavy (non-hydrogen) atoms. The molecule has 1 amide bonds. The lowest BCUT2D eigenvalue weighted by Crippen LogP contribution is -2.12. The van der Waals surface area contributed by atoms with E-state index >= 15 is 0 Å². The number of nitrogens with zero attached hydrogens (tertiary/aromatic N) is 2. The smallest absolute Gasteiger partial charge is 0.276 e. The molecule has 0 saturated carbocycles. The fourth-order valence-electron chi connectivity index (χ4n) is 2.33. The molecule has 2 heterocycles. The van der Waals surface area contributed by atoms with Crippen molar-refractivity contribution in [3.8, 4) is 0 Å². The Morgan fingerprint density at radius 3 is 3.00 bits per heavy atom. The summed E-state index contributed by atoms with van der Waals surface area (Å²) in [6.45, 7) is 2.61. The zero-order valence-electron chi connectivity index (χ0n) is 13.7. The molecule has 1 N–H and O–H groups in total. The van der Waals surface area contributed by atoms with Crippen molar-refractivity contribution < 1.29 is 9.53 Å². The number of methoxy groups -OCH3 is 1. The first-order chi connectivity index (χ1) is 11.7. The van der Waals surface area contributed by atoms with Gasteiger partial charge in [0.2, 0.25) is 0 Å². The van der Waals surface area contributed by atoms with Crippen LogP contribution >= 0.6 is 22.7 Å². The minimum atomic E-state index is -0.237. The van der Waals surface area contributed by atoms with E-state index in [2.05, 4.69) is 34.3 Å². The molecule has 3 aromatic rings. The second-order valence-electron chi connectivity index (χ2n) is 5.44. The summed E-state index contributed by atoms with van der Waals surface area (Å²) in [6, 6.07) is 6.30. The van der Waals surface area contributed by atoms with Gasteiger partial charge in [0.25, 0.3) is 5.91 Å². The van der Waals surface area contributed by atoms with Crippen molar-refractivity contribution in [3.63, 3.8) is 0 Å². The zero-order chi connectivity index (χ0) is 16.9. The molecule has 3 rings (SSSR count). The van der Waals surface area contributed by atoms with Crippen LogP contribution < -0.4 is 5.32 Å². The molecule has 7 heteroatoms. The van der Waals surface area contributed by atoms with E-state index in [9.17, 15) is 4.79 Å². The van der Waals surface area contributed by atoms with E-state index in [1.165, 1.54) is 41.1 Å². The summed E-state index contributed by atoms with van der Waals surface area (Å²) in [4.78, 5) is 21.0. The van der Waals surface area contributed by atoms with Crippen LogP contribution in [0.5, 0.6) is 0 Å². The fraction of sp³-hybridized carbons (Fsp3) is 0.353. The topological polar surface area (TPSA) is 64.1 Å². The maximum absolute atomic E-state index is 12.3. The molecule has 0 atom stereocenters. The zero-order valence-corrected chi connectivity index (χ0v) is 15.3. The molecule has 0 aliphatic heterocycles. The van der Waals surface area contributed by atoms with Gasteiger partial charge >= 0.3 is 0 Å². The summed E-state index contributed by atoms with van der Waals surface area (Å²) in [5.74, 6) is -0.237. The number of anilines is 1. The van der Waals surface area contributed by atoms with Crippen LogP contribution in [0.3, 0.4) is 0 Å². The van der Waals surface area contributed by atoms with E-state index < -0.39 is 0 Å². The predicted octanol–water partition coefficient (Wildman–Crippen LogP) is 4.49. The standard InChI is InChI=1S/C17H19N3O2S2/c1-3-4-5-11-6-7-12-14(8-11)24-17(19-12)20-16(21)13-10-23-15(18-13)9-22-2/h6-8,10H,3-5,9H2,1-2H3,(H,19,20,21). The van der Waals surface area contributed by atoms with Gasteiger partial charge < -0.3 is 4.74 Å². The number of benzene rings is 1. The van der Waals surface area contributed by atoms with E-state index in [0.29, 0.717) is 17.4 Å². The summed E-state index contributed by atoms with van der Waals surface area (Å²) >= 11 is 2.91. The number of amides is 1. The molecular formula is C17H19N3O2S2. The maximum Gasteiger partial charge on any atom is 0.276 e. The molecule has 126 valence electrons. The highest BCUT2D eigenvalue weighted by molar-refractivity contribution is 7.22. The SMILES string of the molecule is CCCCc1ccc2nc(NC(=O)c3csc(COC)n3)sc2c1. The van der Waals surface area contributed by atoms with Gasteiger partial charge in [-0.1, -0.05) is 30.7 Å². The van der Waals surface area contributed by atoms with Crippen molar-refractivity contribution in [2.24, 2.45) is 0 Å². The van der Waals surface area contributed by atoms with E-state index in [-0.39, 0.29) is 5.91 Å². The Hall–Kier alpha value is -1.83. The number of carbonyl (C=O) groups is 1. The number of hydrogen-bond donors (Lipinski definition) is 1. The number of aromatic nitrogens is 2. The Kier molecular flexibility index (Phi) is 5.55. The van der Waals surface area contributed by atoms with E-state index in [4.69, 9.17) is 4.74 Å². The van der Waals surface area contributed by atoms with E-state index in [1.807, 2.05) is 6.07 Å². The largest absolute Gasteiger partial charge is 0.378 e. The van der Waals surface area contributed by atoms with Crippen molar-refractivity contribution in [2.45, 2.75) is 32.8 Å². The van der Waals surface area contributed by atoms with Crippen LogP contribution in [-0.2, 0) is 17.8 Å². The molecule has 0 aliphatic rings. The highest BCUT2D eigenvalue weighted by atomic mass is 32.1. The first kappa shape index (κ1) is 17.0. The van der Waals surface area contributed by atoms with Crippen LogP contribution in [0, 0.1) is 0 Å². The summed E-state index contributed by atoms with van der Waals surface area (Å²) in [6.07, 6.45) is 3.44. The molecule has 2 aromatic heterocycles. The fourth-order valence-corrected chi connectivity index (χ4v) is 3.99. The summed E-state index contributed by atoms with van der Waals surface area (Å²) in [5.41, 5.74) is 2.62. The van der Waals surface area contributed by atoms with Gasteiger partial charge in [0.15, 0.2) is 5.13 Å². The Morgan fingerprint density at radius 1 is 1.33 bits per heavy atom. The number of aryl methyl sites for hydroxylation is 1. The minimum Gasteiger partial charge on any atom is -0.378 e. The van der Waals surface area contributed by atoms with Crippen LogP contribution in [0.15, 0.2) is 23.6 Å². The number of nitrogens with one attached hydrogen (secondary N) is 1. The highest BCUT2D eigenvalue weighted by Gasteiger charge is 2.13. The first-order valence-electron chi connectivity index (χ1n) is 7.83. The predicted molar refractivity (Wildman–Crippen MR) is 99.0 cm³/mol. The van der Waals surface area contributed by atoms with Crippen molar-refractivity contribution in [1.82, 2.24) is 9.97 Å². The maximum atomic E-state index is 12.3. The van der Waals surface area contributed by atoms with E-state index in [1.54, 1.807) is 12.5 Å². The van der Waals surface area contributed by atoms with Gasteiger partial charge in [0.1, 0.15) is 10.7 Å². The van der Waals surface area contributed by atoms with Crippen LogP contribution in [0.25, 0.3) is 10.2 Å². The van der Waals surface area contributed by atoms with Gasteiger partial charge in [-0.05, 0) is 30.5 Å². The van der Waals surface area contributed by atoms with Crippen molar-refractivity contribution in [3.05, 3.63) is 39.8 Å². The lowest BCUT2D eigenvalue weighted by atomic mass is 10.1. The lowest BCUT2D eigenvalue weighted by Gasteiger charge is -1.98. The van der Waals surface area contributed by atoms with Gasteiger partial charge in [0.05, 0.1) is 16.8 Å². The summed E-state index contributed by atoms with van der Waals surface area (Å²) in [5, 5.41) is 5.96. The lowest BCUT2D eigenvalue weighted by molar-refractivity contribution is 0.102.